The number of nitrogens with one attached hydrogen (secondary N) is 1. The summed E-state index contributed by atoms with van der Waals surface area (Å²) in [6, 6.07) is 9.77. The van der Waals surface area contributed by atoms with Crippen molar-refractivity contribution in [2.24, 2.45) is 15.6 Å². The molecule has 136 valence electrons. The van der Waals surface area contributed by atoms with Crippen molar-refractivity contribution in [1.29, 1.82) is 0 Å². The summed E-state index contributed by atoms with van der Waals surface area (Å²) in [7, 11) is 1.75. The third-order valence-corrected chi connectivity index (χ3v) is 5.07. The van der Waals surface area contributed by atoms with Crippen LogP contribution in [0.2, 0.25) is 0 Å². The van der Waals surface area contributed by atoms with Gasteiger partial charge in [-0.2, -0.15) is 10.2 Å². The molecule has 2 amide bonds. The Balaban J connectivity index is 1.49. The van der Waals surface area contributed by atoms with Gasteiger partial charge in [-0.15, -0.1) is 12.3 Å². The molecule has 1 aliphatic carbocycles. The van der Waals surface area contributed by atoms with Gasteiger partial charge in [0, 0.05) is 39.4 Å². The summed E-state index contributed by atoms with van der Waals surface area (Å²) in [4.78, 5) is 27.0. The molecule has 0 bridgehead atoms. The molecule has 26 heavy (non-hydrogen) atoms. The van der Waals surface area contributed by atoms with E-state index in [4.69, 9.17) is 6.42 Å². The van der Waals surface area contributed by atoms with Gasteiger partial charge in [-0.3, -0.25) is 9.59 Å². The van der Waals surface area contributed by atoms with E-state index in [1.807, 2.05) is 30.3 Å². The smallest absolute Gasteiger partial charge is 0.238 e. The number of rotatable bonds is 9. The molecule has 1 fully saturated rings. The van der Waals surface area contributed by atoms with E-state index < -0.39 is 11.1 Å². The predicted octanol–water partition coefficient (Wildman–Crippen LogP) is 2.51. The second-order valence-corrected chi connectivity index (χ2v) is 7.12. The van der Waals surface area contributed by atoms with E-state index in [9.17, 15) is 9.59 Å². The SMILES string of the molecule is C#CCCC1(CCNC(=O)C2(C(=O)N(C)Cc3ccccc3)CC2)N=N1. The molecule has 0 spiro atoms. The third kappa shape index (κ3) is 3.93. The van der Waals surface area contributed by atoms with Crippen molar-refractivity contribution < 1.29 is 9.59 Å². The zero-order valence-electron chi connectivity index (χ0n) is 15.1. The summed E-state index contributed by atoms with van der Waals surface area (Å²) in [5, 5.41) is 11.0. The highest BCUT2D eigenvalue weighted by Gasteiger charge is 2.57. The van der Waals surface area contributed by atoms with Crippen LogP contribution in [0.1, 0.15) is 37.7 Å². The van der Waals surface area contributed by atoms with Crippen LogP contribution in [0.3, 0.4) is 0 Å². The van der Waals surface area contributed by atoms with E-state index in [1.54, 1.807) is 11.9 Å². The number of carbonyl (C=O) groups excluding carboxylic acids is 2. The van der Waals surface area contributed by atoms with Crippen LogP contribution in [0.15, 0.2) is 40.6 Å². The van der Waals surface area contributed by atoms with Crippen molar-refractivity contribution >= 4 is 11.8 Å². The number of amides is 2. The zero-order valence-corrected chi connectivity index (χ0v) is 15.1. The van der Waals surface area contributed by atoms with E-state index in [0.717, 1.165) is 5.56 Å². The molecule has 1 heterocycles. The Hall–Kier alpha value is -2.68. The average Bonchev–Trinajstić information content (AvgIpc) is 3.56. The average molecular weight is 352 g/mol. The molecule has 0 atom stereocenters. The minimum atomic E-state index is -0.895. The van der Waals surface area contributed by atoms with Gasteiger partial charge >= 0.3 is 0 Å². The molecule has 3 rings (SSSR count). The van der Waals surface area contributed by atoms with Gasteiger partial charge in [0.2, 0.25) is 11.8 Å². The second kappa shape index (κ2) is 7.28. The highest BCUT2D eigenvalue weighted by molar-refractivity contribution is 6.07. The highest BCUT2D eigenvalue weighted by Crippen LogP contribution is 2.47. The maximum Gasteiger partial charge on any atom is 0.238 e. The first kappa shape index (κ1) is 18.1. The predicted molar refractivity (Wildman–Crippen MR) is 97.9 cm³/mol. The van der Waals surface area contributed by atoms with Crippen molar-refractivity contribution in [3.05, 3.63) is 35.9 Å². The van der Waals surface area contributed by atoms with Crippen LogP contribution in [0.5, 0.6) is 0 Å². The molecule has 6 heteroatoms. The summed E-state index contributed by atoms with van der Waals surface area (Å²) in [5.74, 6) is 2.29. The summed E-state index contributed by atoms with van der Waals surface area (Å²) in [6.07, 6.45) is 8.45. The number of carbonyl (C=O) groups is 2. The normalized spacial score (nSPS) is 17.8. The van der Waals surface area contributed by atoms with Crippen LogP contribution in [0.4, 0.5) is 0 Å². The minimum absolute atomic E-state index is 0.110. The Labute approximate surface area is 154 Å². The number of terminal acetylenes is 1. The molecule has 6 nitrogen and oxygen atoms in total. The minimum Gasteiger partial charge on any atom is -0.355 e. The maximum atomic E-state index is 12.8. The van der Waals surface area contributed by atoms with E-state index in [2.05, 4.69) is 21.5 Å². The topological polar surface area (TPSA) is 74.1 Å². The van der Waals surface area contributed by atoms with Crippen LogP contribution >= 0.6 is 0 Å². The first-order chi connectivity index (χ1) is 12.5. The molecule has 1 aliphatic heterocycles. The fourth-order valence-corrected chi connectivity index (χ4v) is 3.17. The molecule has 0 unspecified atom stereocenters. The van der Waals surface area contributed by atoms with Crippen LogP contribution in [-0.4, -0.2) is 36.0 Å². The van der Waals surface area contributed by atoms with Gasteiger partial charge in [0.05, 0.1) is 0 Å². The first-order valence-electron chi connectivity index (χ1n) is 8.97. The van der Waals surface area contributed by atoms with Crippen molar-refractivity contribution in [1.82, 2.24) is 10.2 Å². The lowest BCUT2D eigenvalue weighted by molar-refractivity contribution is -0.143. The third-order valence-electron chi connectivity index (χ3n) is 5.07. The molecule has 1 N–H and O–H groups in total. The van der Waals surface area contributed by atoms with Crippen LogP contribution in [-0.2, 0) is 16.1 Å². The molecule has 2 aliphatic rings. The largest absolute Gasteiger partial charge is 0.355 e. The molecule has 0 aromatic heterocycles. The van der Waals surface area contributed by atoms with E-state index >= 15 is 0 Å². The van der Waals surface area contributed by atoms with Crippen LogP contribution in [0, 0.1) is 17.8 Å². The van der Waals surface area contributed by atoms with Crippen molar-refractivity contribution in [3.8, 4) is 12.3 Å². The Kier molecular flexibility index (Phi) is 5.08. The summed E-state index contributed by atoms with van der Waals surface area (Å²) >= 11 is 0. The zero-order chi connectivity index (χ0) is 18.6. The van der Waals surface area contributed by atoms with Crippen molar-refractivity contribution in [2.75, 3.05) is 13.6 Å². The van der Waals surface area contributed by atoms with E-state index in [-0.39, 0.29) is 11.8 Å². The Bertz CT molecular complexity index is 741. The van der Waals surface area contributed by atoms with Crippen LogP contribution in [0.25, 0.3) is 0 Å². The molecule has 0 radical (unpaired) electrons. The maximum absolute atomic E-state index is 12.8. The molecule has 1 saturated carbocycles. The Morgan fingerprint density at radius 1 is 1.23 bits per heavy atom. The number of benzene rings is 1. The summed E-state index contributed by atoms with van der Waals surface area (Å²) < 4.78 is 0. The first-order valence-corrected chi connectivity index (χ1v) is 8.97. The van der Waals surface area contributed by atoms with Gasteiger partial charge in [-0.05, 0) is 18.4 Å². The standard InChI is InChI=1S/C20H24N4O2/c1-3-4-10-20(22-23-20)13-14-21-17(25)19(11-12-19)18(26)24(2)15-16-8-6-5-7-9-16/h1,5-9H,4,10-15H2,2H3,(H,21,25). The molecular weight excluding hydrogens is 328 g/mol. The fourth-order valence-electron chi connectivity index (χ4n) is 3.17. The highest BCUT2D eigenvalue weighted by atomic mass is 16.2. The van der Waals surface area contributed by atoms with E-state index in [1.165, 1.54) is 0 Å². The molecule has 0 saturated heterocycles. The Morgan fingerprint density at radius 2 is 1.92 bits per heavy atom. The molecule has 1 aromatic carbocycles. The van der Waals surface area contributed by atoms with Crippen molar-refractivity contribution in [2.45, 2.75) is 44.3 Å². The lowest BCUT2D eigenvalue weighted by Crippen LogP contribution is -2.44. The summed E-state index contributed by atoms with van der Waals surface area (Å²) in [5.41, 5.74) is -0.260. The van der Waals surface area contributed by atoms with Gasteiger partial charge < -0.3 is 10.2 Å². The fraction of sp³-hybridized carbons (Fsp3) is 0.500. The van der Waals surface area contributed by atoms with Gasteiger partial charge in [-0.25, -0.2) is 0 Å². The van der Waals surface area contributed by atoms with Crippen LogP contribution < -0.4 is 5.32 Å². The summed E-state index contributed by atoms with van der Waals surface area (Å²) in [6.45, 7) is 0.954. The van der Waals surface area contributed by atoms with Gasteiger partial charge in [0.25, 0.3) is 0 Å². The van der Waals surface area contributed by atoms with Gasteiger partial charge in [-0.1, -0.05) is 30.3 Å². The Morgan fingerprint density at radius 3 is 2.50 bits per heavy atom. The number of hydrogen-bond acceptors (Lipinski definition) is 4. The number of hydrogen-bond donors (Lipinski definition) is 1. The molecule has 1 aromatic rings. The van der Waals surface area contributed by atoms with E-state index in [0.29, 0.717) is 45.2 Å². The number of nitrogens with zero attached hydrogens (tertiary/aromatic N) is 3. The van der Waals surface area contributed by atoms with Gasteiger partial charge in [0.1, 0.15) is 5.41 Å². The van der Waals surface area contributed by atoms with Gasteiger partial charge in [0.15, 0.2) is 5.66 Å². The lowest BCUT2D eigenvalue weighted by Gasteiger charge is -2.23. The second-order valence-electron chi connectivity index (χ2n) is 7.12. The quantitative estimate of drug-likeness (QED) is 0.548. The van der Waals surface area contributed by atoms with Crippen molar-refractivity contribution in [3.63, 3.8) is 0 Å². The molecular formula is C20H24N4O2. The monoisotopic (exact) mass is 352 g/mol. The lowest BCUT2D eigenvalue weighted by atomic mass is 10.0.